The van der Waals surface area contributed by atoms with Crippen molar-refractivity contribution < 1.29 is 4.79 Å². The van der Waals surface area contributed by atoms with Crippen LogP contribution in [-0.4, -0.2) is 42.0 Å². The highest BCUT2D eigenvalue weighted by Crippen LogP contribution is 2.11. The minimum atomic E-state index is 0.190. The topological polar surface area (TPSA) is 23.6 Å². The molecule has 0 aliphatic carbocycles. The van der Waals surface area contributed by atoms with E-state index in [0.29, 0.717) is 6.04 Å². The highest BCUT2D eigenvalue weighted by atomic mass is 16.2. The second kappa shape index (κ2) is 4.49. The molecule has 0 bridgehead atoms. The van der Waals surface area contributed by atoms with Gasteiger partial charge in [0.15, 0.2) is 0 Å². The van der Waals surface area contributed by atoms with Crippen LogP contribution in [0.1, 0.15) is 33.1 Å². The second-order valence-electron chi connectivity index (χ2n) is 4.05. The van der Waals surface area contributed by atoms with Gasteiger partial charge in [-0.3, -0.25) is 0 Å². The monoisotopic (exact) mass is 184 g/mol. The fourth-order valence-electron chi connectivity index (χ4n) is 1.70. The largest absolute Gasteiger partial charge is 0.328 e. The number of nitrogens with zero attached hydrogens (tertiary/aromatic N) is 2. The van der Waals surface area contributed by atoms with Crippen LogP contribution in [-0.2, 0) is 0 Å². The Balaban J connectivity index is 2.62. The summed E-state index contributed by atoms with van der Waals surface area (Å²) in [6.45, 7) is 5.98. The normalized spacial score (nSPS) is 20.5. The van der Waals surface area contributed by atoms with Gasteiger partial charge in [0.05, 0.1) is 0 Å². The van der Waals surface area contributed by atoms with Crippen LogP contribution < -0.4 is 0 Å². The molecule has 3 nitrogen and oxygen atoms in total. The van der Waals surface area contributed by atoms with Gasteiger partial charge < -0.3 is 9.80 Å². The van der Waals surface area contributed by atoms with Crippen molar-refractivity contribution in [1.82, 2.24) is 9.80 Å². The SMILES string of the molecule is CC(C)N1CCCCCN(C)C1=O. The van der Waals surface area contributed by atoms with Gasteiger partial charge in [-0.15, -0.1) is 0 Å². The molecule has 0 radical (unpaired) electrons. The number of hydrogen-bond donors (Lipinski definition) is 0. The van der Waals surface area contributed by atoms with E-state index in [0.717, 1.165) is 25.9 Å². The van der Waals surface area contributed by atoms with E-state index in [9.17, 15) is 4.79 Å². The Morgan fingerprint density at radius 2 is 1.77 bits per heavy atom. The van der Waals surface area contributed by atoms with Crippen LogP contribution in [0.15, 0.2) is 0 Å². The van der Waals surface area contributed by atoms with Crippen LogP contribution in [0, 0.1) is 0 Å². The Hall–Kier alpha value is -0.730. The predicted octanol–water partition coefficient (Wildman–Crippen LogP) is 1.93. The Bertz CT molecular complexity index is 180. The standard InChI is InChI=1S/C10H20N2O/c1-9(2)12-8-6-4-5-7-11(3)10(12)13/h9H,4-8H2,1-3H3. The van der Waals surface area contributed by atoms with Gasteiger partial charge >= 0.3 is 6.03 Å². The maximum atomic E-state index is 11.8. The van der Waals surface area contributed by atoms with Gasteiger partial charge in [0, 0.05) is 26.2 Å². The van der Waals surface area contributed by atoms with Crippen molar-refractivity contribution in [3.8, 4) is 0 Å². The Morgan fingerprint density at radius 3 is 2.38 bits per heavy atom. The average molecular weight is 184 g/mol. The van der Waals surface area contributed by atoms with Crippen LogP contribution >= 0.6 is 0 Å². The molecule has 0 aromatic carbocycles. The number of hydrogen-bond acceptors (Lipinski definition) is 1. The fourth-order valence-corrected chi connectivity index (χ4v) is 1.70. The fraction of sp³-hybridized carbons (Fsp3) is 0.900. The van der Waals surface area contributed by atoms with Gasteiger partial charge in [-0.05, 0) is 33.1 Å². The Labute approximate surface area is 80.7 Å². The molecule has 2 amide bonds. The summed E-state index contributed by atoms with van der Waals surface area (Å²) in [6.07, 6.45) is 3.53. The van der Waals surface area contributed by atoms with E-state index in [1.165, 1.54) is 6.42 Å². The Kier molecular flexibility index (Phi) is 3.58. The zero-order chi connectivity index (χ0) is 9.84. The quantitative estimate of drug-likeness (QED) is 0.611. The number of rotatable bonds is 1. The van der Waals surface area contributed by atoms with Crippen LogP contribution in [0.2, 0.25) is 0 Å². The summed E-state index contributed by atoms with van der Waals surface area (Å²) < 4.78 is 0. The summed E-state index contributed by atoms with van der Waals surface area (Å²) in [6, 6.07) is 0.516. The van der Waals surface area contributed by atoms with E-state index >= 15 is 0 Å². The van der Waals surface area contributed by atoms with Crippen LogP contribution in [0.3, 0.4) is 0 Å². The third kappa shape index (κ3) is 2.61. The molecule has 1 aliphatic rings. The summed E-state index contributed by atoms with van der Waals surface area (Å²) in [5.41, 5.74) is 0. The Morgan fingerprint density at radius 1 is 1.15 bits per heavy atom. The maximum absolute atomic E-state index is 11.8. The first kappa shape index (κ1) is 10.4. The number of carbonyl (C=O) groups is 1. The highest BCUT2D eigenvalue weighted by Gasteiger charge is 2.21. The van der Waals surface area contributed by atoms with Crippen molar-refractivity contribution in [3.05, 3.63) is 0 Å². The third-order valence-corrected chi connectivity index (χ3v) is 2.59. The summed E-state index contributed by atoms with van der Waals surface area (Å²) in [5, 5.41) is 0. The number of urea groups is 1. The van der Waals surface area contributed by atoms with E-state index in [2.05, 4.69) is 13.8 Å². The van der Waals surface area contributed by atoms with E-state index < -0.39 is 0 Å². The molecule has 1 heterocycles. The molecule has 13 heavy (non-hydrogen) atoms. The van der Waals surface area contributed by atoms with Crippen LogP contribution in [0.25, 0.3) is 0 Å². The van der Waals surface area contributed by atoms with E-state index in [4.69, 9.17) is 0 Å². The first-order valence-corrected chi connectivity index (χ1v) is 5.14. The summed E-state index contributed by atoms with van der Waals surface area (Å²) in [5.74, 6) is 0. The van der Waals surface area contributed by atoms with Gasteiger partial charge in [-0.25, -0.2) is 4.79 Å². The van der Waals surface area contributed by atoms with Gasteiger partial charge in [0.1, 0.15) is 0 Å². The lowest BCUT2D eigenvalue weighted by atomic mass is 10.2. The lowest BCUT2D eigenvalue weighted by Gasteiger charge is -2.33. The van der Waals surface area contributed by atoms with E-state index in [1.54, 1.807) is 0 Å². The third-order valence-electron chi connectivity index (χ3n) is 2.59. The molecule has 1 rings (SSSR count). The molecule has 0 unspecified atom stereocenters. The van der Waals surface area contributed by atoms with Crippen LogP contribution in [0.4, 0.5) is 4.79 Å². The van der Waals surface area contributed by atoms with Crippen molar-refractivity contribution in [2.75, 3.05) is 20.1 Å². The minimum absolute atomic E-state index is 0.190. The number of carbonyl (C=O) groups excluding carboxylic acids is 1. The zero-order valence-corrected chi connectivity index (χ0v) is 8.92. The second-order valence-corrected chi connectivity index (χ2v) is 4.05. The molecular weight excluding hydrogens is 164 g/mol. The molecule has 0 saturated carbocycles. The molecule has 0 aromatic heterocycles. The van der Waals surface area contributed by atoms with Crippen molar-refractivity contribution in [2.45, 2.75) is 39.2 Å². The molecule has 0 aromatic rings. The summed E-state index contributed by atoms with van der Waals surface area (Å²) >= 11 is 0. The first-order chi connectivity index (χ1) is 6.13. The summed E-state index contributed by atoms with van der Waals surface area (Å²) in [7, 11) is 1.89. The van der Waals surface area contributed by atoms with Gasteiger partial charge in [0.25, 0.3) is 0 Å². The summed E-state index contributed by atoms with van der Waals surface area (Å²) in [4.78, 5) is 15.6. The highest BCUT2D eigenvalue weighted by molar-refractivity contribution is 5.74. The van der Waals surface area contributed by atoms with Crippen molar-refractivity contribution >= 4 is 6.03 Å². The minimum Gasteiger partial charge on any atom is -0.328 e. The van der Waals surface area contributed by atoms with Crippen LogP contribution in [0.5, 0.6) is 0 Å². The number of amides is 2. The van der Waals surface area contributed by atoms with Crippen molar-refractivity contribution in [3.63, 3.8) is 0 Å². The van der Waals surface area contributed by atoms with E-state index in [-0.39, 0.29) is 6.03 Å². The lowest BCUT2D eigenvalue weighted by molar-refractivity contribution is 0.140. The van der Waals surface area contributed by atoms with Gasteiger partial charge in [0.2, 0.25) is 0 Å². The molecule has 0 N–H and O–H groups in total. The van der Waals surface area contributed by atoms with E-state index in [1.807, 2.05) is 16.8 Å². The zero-order valence-electron chi connectivity index (χ0n) is 8.92. The molecule has 76 valence electrons. The van der Waals surface area contributed by atoms with Crippen molar-refractivity contribution in [1.29, 1.82) is 0 Å². The smallest absolute Gasteiger partial charge is 0.319 e. The average Bonchev–Trinajstić information content (AvgIpc) is 2.06. The molecule has 1 fully saturated rings. The van der Waals surface area contributed by atoms with Gasteiger partial charge in [-0.2, -0.15) is 0 Å². The van der Waals surface area contributed by atoms with Gasteiger partial charge in [-0.1, -0.05) is 0 Å². The molecule has 1 saturated heterocycles. The predicted molar refractivity (Wildman–Crippen MR) is 53.7 cm³/mol. The molecular formula is C10H20N2O. The molecule has 0 spiro atoms. The molecule has 1 aliphatic heterocycles. The first-order valence-electron chi connectivity index (χ1n) is 5.14. The molecule has 3 heteroatoms. The molecule has 0 atom stereocenters. The maximum Gasteiger partial charge on any atom is 0.319 e. The lowest BCUT2D eigenvalue weighted by Crippen LogP contribution is -2.46. The van der Waals surface area contributed by atoms with Crippen molar-refractivity contribution in [2.24, 2.45) is 0 Å².